The molecule has 25 heavy (non-hydrogen) atoms. The number of benzene rings is 1. The number of thiophene rings is 1. The Bertz CT molecular complexity index is 912. The zero-order chi connectivity index (χ0) is 18.0. The second-order valence-corrected chi connectivity index (χ2v) is 6.95. The molecule has 8 heteroatoms. The number of amides is 1. The topological polar surface area (TPSA) is 107 Å². The van der Waals surface area contributed by atoms with Crippen molar-refractivity contribution in [3.8, 4) is 0 Å². The van der Waals surface area contributed by atoms with Crippen LogP contribution in [0.5, 0.6) is 0 Å². The maximum absolute atomic E-state index is 12.4. The molecule has 0 bridgehead atoms. The molecule has 3 rings (SSSR count). The van der Waals surface area contributed by atoms with Crippen molar-refractivity contribution in [2.45, 2.75) is 26.4 Å². The average molecular weight is 358 g/mol. The van der Waals surface area contributed by atoms with E-state index < -0.39 is 5.97 Å². The number of carbonyl (C=O) groups excluding carboxylic acids is 1. The van der Waals surface area contributed by atoms with Crippen LogP contribution in [0.4, 0.5) is 5.82 Å². The first-order valence-corrected chi connectivity index (χ1v) is 8.60. The third kappa shape index (κ3) is 3.86. The summed E-state index contributed by atoms with van der Waals surface area (Å²) in [6, 6.07) is 9.22. The fraction of sp³-hybridized carbons (Fsp3) is 0.235. The van der Waals surface area contributed by atoms with E-state index in [2.05, 4.69) is 34.7 Å². The molecule has 0 atom stereocenters. The first-order chi connectivity index (χ1) is 11.9. The van der Waals surface area contributed by atoms with Crippen LogP contribution < -0.4 is 10.6 Å². The summed E-state index contributed by atoms with van der Waals surface area (Å²) < 4.78 is 0. The van der Waals surface area contributed by atoms with E-state index in [4.69, 9.17) is 5.11 Å². The number of carboxylic acids is 1. The van der Waals surface area contributed by atoms with E-state index >= 15 is 0 Å². The van der Waals surface area contributed by atoms with E-state index in [0.29, 0.717) is 27.6 Å². The number of nitrogens with zero attached hydrogens (tertiary/aromatic N) is 1. The number of nitrogens with one attached hydrogen (secondary N) is 3. The lowest BCUT2D eigenvalue weighted by Crippen LogP contribution is -2.21. The van der Waals surface area contributed by atoms with Gasteiger partial charge in [-0.15, -0.1) is 11.3 Å². The Hall–Kier alpha value is -2.71. The summed E-state index contributed by atoms with van der Waals surface area (Å²) in [7, 11) is 0. The van der Waals surface area contributed by atoms with Gasteiger partial charge < -0.3 is 15.7 Å². The number of aromatic carboxylic acids is 1. The maximum Gasteiger partial charge on any atom is 0.345 e. The van der Waals surface area contributed by atoms with Crippen molar-refractivity contribution in [3.63, 3.8) is 0 Å². The van der Waals surface area contributed by atoms with Gasteiger partial charge in [0.1, 0.15) is 15.5 Å². The van der Waals surface area contributed by atoms with E-state index in [1.165, 1.54) is 6.07 Å². The second kappa shape index (κ2) is 7.04. The van der Waals surface area contributed by atoms with Crippen LogP contribution in [0.25, 0.3) is 10.2 Å². The number of H-pyrrole nitrogens is 1. The van der Waals surface area contributed by atoms with Crippen molar-refractivity contribution in [1.29, 1.82) is 0 Å². The van der Waals surface area contributed by atoms with Gasteiger partial charge in [0, 0.05) is 18.2 Å². The molecule has 130 valence electrons. The highest BCUT2D eigenvalue weighted by molar-refractivity contribution is 7.20. The number of hydrogen-bond donors (Lipinski definition) is 4. The highest BCUT2D eigenvalue weighted by Gasteiger charge is 2.16. The number of aromatic nitrogens is 2. The molecule has 0 radical (unpaired) electrons. The summed E-state index contributed by atoms with van der Waals surface area (Å²) in [4.78, 5) is 24.1. The summed E-state index contributed by atoms with van der Waals surface area (Å²) in [5.74, 6) is -0.892. The molecule has 3 aromatic rings. The Morgan fingerprint density at radius 1 is 1.28 bits per heavy atom. The third-order valence-corrected chi connectivity index (χ3v) is 4.65. The lowest BCUT2D eigenvalue weighted by molar-refractivity contribution is 0.0702. The first-order valence-electron chi connectivity index (χ1n) is 7.79. The van der Waals surface area contributed by atoms with Gasteiger partial charge in [0.25, 0.3) is 5.91 Å². The monoisotopic (exact) mass is 358 g/mol. The molecule has 0 aliphatic heterocycles. The van der Waals surface area contributed by atoms with Gasteiger partial charge in [-0.3, -0.25) is 9.89 Å². The Morgan fingerprint density at radius 3 is 2.64 bits per heavy atom. The van der Waals surface area contributed by atoms with Gasteiger partial charge in [0.2, 0.25) is 0 Å². The molecule has 0 aliphatic rings. The summed E-state index contributed by atoms with van der Waals surface area (Å²) >= 11 is 1.06. The lowest BCUT2D eigenvalue weighted by atomic mass is 10.1. The molecule has 7 nitrogen and oxygen atoms in total. The van der Waals surface area contributed by atoms with Crippen LogP contribution in [-0.4, -0.2) is 33.2 Å². The van der Waals surface area contributed by atoms with Crippen LogP contribution in [0.1, 0.15) is 39.4 Å². The zero-order valence-corrected chi connectivity index (χ0v) is 14.6. The minimum Gasteiger partial charge on any atom is -0.477 e. The molecular formula is C17H18N4O3S. The second-order valence-electron chi connectivity index (χ2n) is 5.92. The molecule has 1 aromatic carbocycles. The fourth-order valence-electron chi connectivity index (χ4n) is 2.29. The SMILES string of the molecule is CC(C)NCc1ccc(C(=O)Nc2[nH]nc3sc(C(=O)O)cc23)cc1. The molecule has 0 saturated heterocycles. The van der Waals surface area contributed by atoms with Gasteiger partial charge in [-0.2, -0.15) is 5.10 Å². The number of aromatic amines is 1. The van der Waals surface area contributed by atoms with E-state index in [0.717, 1.165) is 23.4 Å². The summed E-state index contributed by atoms with van der Waals surface area (Å²) in [6.07, 6.45) is 0. The molecule has 2 aromatic heterocycles. The molecule has 0 fully saturated rings. The molecule has 4 N–H and O–H groups in total. The quantitative estimate of drug-likeness (QED) is 0.542. The lowest BCUT2D eigenvalue weighted by Gasteiger charge is -2.08. The molecule has 0 spiro atoms. The van der Waals surface area contributed by atoms with Crippen LogP contribution >= 0.6 is 11.3 Å². The van der Waals surface area contributed by atoms with Crippen LogP contribution in [0, 0.1) is 0 Å². The van der Waals surface area contributed by atoms with Gasteiger partial charge in [-0.05, 0) is 23.8 Å². The number of anilines is 1. The predicted molar refractivity (Wildman–Crippen MR) is 97.3 cm³/mol. The fourth-order valence-corrected chi connectivity index (χ4v) is 3.13. The smallest absolute Gasteiger partial charge is 0.345 e. The minimum atomic E-state index is -1.01. The standard InChI is InChI=1S/C17H18N4O3S/c1-9(2)18-8-10-3-5-11(6-4-10)15(22)19-14-12-7-13(17(23)24)25-16(12)21-20-14/h3-7,9,18H,8H2,1-2H3,(H,23,24)(H2,19,20,21,22). The molecular weight excluding hydrogens is 340 g/mol. The van der Waals surface area contributed by atoms with Crippen LogP contribution in [0.2, 0.25) is 0 Å². The highest BCUT2D eigenvalue weighted by atomic mass is 32.1. The van der Waals surface area contributed by atoms with E-state index in [1.54, 1.807) is 12.1 Å². The van der Waals surface area contributed by atoms with Crippen molar-refractivity contribution in [1.82, 2.24) is 15.5 Å². The van der Waals surface area contributed by atoms with Gasteiger partial charge >= 0.3 is 5.97 Å². The van der Waals surface area contributed by atoms with Gasteiger partial charge in [0.15, 0.2) is 0 Å². The van der Waals surface area contributed by atoms with Crippen LogP contribution in [0.15, 0.2) is 30.3 Å². The number of carboxylic acid groups (broad SMARTS) is 1. The maximum atomic E-state index is 12.4. The normalized spacial score (nSPS) is 11.2. The first kappa shape index (κ1) is 17.1. The molecule has 0 aliphatic carbocycles. The van der Waals surface area contributed by atoms with Crippen LogP contribution in [0.3, 0.4) is 0 Å². The predicted octanol–water partition coefficient (Wildman–Crippen LogP) is 3.07. The van der Waals surface area contributed by atoms with E-state index in [9.17, 15) is 9.59 Å². The van der Waals surface area contributed by atoms with Crippen molar-refractivity contribution in [2.24, 2.45) is 0 Å². The van der Waals surface area contributed by atoms with E-state index in [-0.39, 0.29) is 10.8 Å². The molecule has 2 heterocycles. The van der Waals surface area contributed by atoms with Crippen molar-refractivity contribution < 1.29 is 14.7 Å². The zero-order valence-electron chi connectivity index (χ0n) is 13.8. The number of carbonyl (C=O) groups is 2. The Labute approximate surface area is 148 Å². The van der Waals surface area contributed by atoms with Gasteiger partial charge in [-0.1, -0.05) is 26.0 Å². The minimum absolute atomic E-state index is 0.184. The Kier molecular flexibility index (Phi) is 4.82. The highest BCUT2D eigenvalue weighted by Crippen LogP contribution is 2.29. The third-order valence-electron chi connectivity index (χ3n) is 3.63. The Balaban J connectivity index is 1.72. The number of fused-ring (bicyclic) bond motifs is 1. The van der Waals surface area contributed by atoms with Crippen molar-refractivity contribution in [3.05, 3.63) is 46.3 Å². The van der Waals surface area contributed by atoms with Crippen molar-refractivity contribution >= 4 is 39.2 Å². The number of hydrogen-bond acceptors (Lipinski definition) is 5. The average Bonchev–Trinajstić information content (AvgIpc) is 3.15. The summed E-state index contributed by atoms with van der Waals surface area (Å²) in [5, 5.41) is 22.5. The van der Waals surface area contributed by atoms with Gasteiger partial charge in [0.05, 0.1) is 5.39 Å². The molecule has 0 unspecified atom stereocenters. The molecule has 1 amide bonds. The van der Waals surface area contributed by atoms with Gasteiger partial charge in [-0.25, -0.2) is 4.79 Å². The van der Waals surface area contributed by atoms with Crippen LogP contribution in [-0.2, 0) is 6.54 Å². The number of rotatable bonds is 6. The summed E-state index contributed by atoms with van der Waals surface area (Å²) in [5.41, 5.74) is 1.61. The van der Waals surface area contributed by atoms with Crippen molar-refractivity contribution in [2.75, 3.05) is 5.32 Å². The van der Waals surface area contributed by atoms with E-state index in [1.807, 2.05) is 12.1 Å². The summed E-state index contributed by atoms with van der Waals surface area (Å²) in [6.45, 7) is 4.90. The largest absolute Gasteiger partial charge is 0.477 e. The molecule has 0 saturated carbocycles. The Morgan fingerprint density at radius 2 is 2.00 bits per heavy atom.